The molecule has 1 saturated carbocycles. The Kier molecular flexibility index (Phi) is 4.43. The highest BCUT2D eigenvalue weighted by atomic mass is 16.1. The molecule has 2 heterocycles. The van der Waals surface area contributed by atoms with E-state index in [1.54, 1.807) is 17.1 Å². The Hall–Kier alpha value is -2.21. The maximum Gasteiger partial charge on any atom is 0.225 e. The van der Waals surface area contributed by atoms with Crippen molar-refractivity contribution < 1.29 is 4.79 Å². The van der Waals surface area contributed by atoms with Crippen LogP contribution >= 0.6 is 0 Å². The second-order valence-electron chi connectivity index (χ2n) is 6.49. The van der Waals surface area contributed by atoms with Gasteiger partial charge in [-0.3, -0.25) is 4.79 Å². The van der Waals surface area contributed by atoms with Crippen molar-refractivity contribution in [1.29, 1.82) is 0 Å². The van der Waals surface area contributed by atoms with Crippen molar-refractivity contribution >= 4 is 5.91 Å². The lowest BCUT2D eigenvalue weighted by atomic mass is 9.74. The van der Waals surface area contributed by atoms with Gasteiger partial charge in [-0.05, 0) is 43.5 Å². The zero-order chi connectivity index (χ0) is 16.3. The van der Waals surface area contributed by atoms with E-state index in [4.69, 9.17) is 5.73 Å². The second-order valence-corrected chi connectivity index (χ2v) is 6.49. The fourth-order valence-electron chi connectivity index (χ4n) is 3.20. The van der Waals surface area contributed by atoms with E-state index in [0.717, 1.165) is 37.1 Å². The molecule has 0 saturated heterocycles. The summed E-state index contributed by atoms with van der Waals surface area (Å²) in [5.74, 6) is 0.680. The van der Waals surface area contributed by atoms with Gasteiger partial charge >= 0.3 is 0 Å². The quantitative estimate of drug-likeness (QED) is 0.901. The largest absolute Gasteiger partial charge is 0.352 e. The van der Waals surface area contributed by atoms with E-state index in [0.29, 0.717) is 6.54 Å². The molecule has 0 aromatic carbocycles. The first-order chi connectivity index (χ1) is 11.1. The van der Waals surface area contributed by atoms with E-state index in [2.05, 4.69) is 15.4 Å². The fraction of sp³-hybridized carbons (Fsp3) is 0.471. The first kappa shape index (κ1) is 15.7. The first-order valence-electron chi connectivity index (χ1n) is 8.08. The number of nitrogens with zero attached hydrogens (tertiary/aromatic N) is 3. The van der Waals surface area contributed by atoms with Crippen LogP contribution in [0.15, 0.2) is 36.8 Å². The summed E-state index contributed by atoms with van der Waals surface area (Å²) in [7, 11) is 0. The zero-order valence-corrected chi connectivity index (χ0v) is 13.4. The summed E-state index contributed by atoms with van der Waals surface area (Å²) in [5.41, 5.74) is 6.89. The molecule has 0 aliphatic heterocycles. The third-order valence-electron chi connectivity index (χ3n) is 4.59. The summed E-state index contributed by atoms with van der Waals surface area (Å²) in [6.07, 6.45) is 9.23. The standard InChI is InChI=1S/C17H23N5O/c1-17(18)7-3-2-5-14(17)16(23)20-12-13-6-9-19-15(11-13)22-10-4-8-21-22/h4,6,8-11,14H,2-3,5,7,12,18H2,1H3,(H,20,23). The molecule has 6 nitrogen and oxygen atoms in total. The number of amides is 1. The SMILES string of the molecule is CC1(N)CCCCC1C(=O)NCc1ccnc(-n2cccn2)c1. The molecule has 23 heavy (non-hydrogen) atoms. The van der Waals surface area contributed by atoms with Crippen LogP contribution in [0.2, 0.25) is 0 Å². The van der Waals surface area contributed by atoms with Crippen molar-refractivity contribution in [3.63, 3.8) is 0 Å². The number of hydrogen-bond donors (Lipinski definition) is 2. The molecule has 122 valence electrons. The molecular weight excluding hydrogens is 290 g/mol. The number of carbonyl (C=O) groups excluding carboxylic acids is 1. The van der Waals surface area contributed by atoms with E-state index in [1.165, 1.54) is 0 Å². The van der Waals surface area contributed by atoms with E-state index < -0.39 is 5.54 Å². The molecule has 3 N–H and O–H groups in total. The second kappa shape index (κ2) is 6.50. The third-order valence-corrected chi connectivity index (χ3v) is 4.59. The van der Waals surface area contributed by atoms with Crippen molar-refractivity contribution in [2.45, 2.75) is 44.7 Å². The van der Waals surface area contributed by atoms with E-state index in [9.17, 15) is 4.79 Å². The number of hydrogen-bond acceptors (Lipinski definition) is 4. The molecule has 1 aliphatic carbocycles. The highest BCUT2D eigenvalue weighted by Crippen LogP contribution is 2.31. The first-order valence-corrected chi connectivity index (χ1v) is 8.08. The van der Waals surface area contributed by atoms with Gasteiger partial charge in [0.15, 0.2) is 5.82 Å². The van der Waals surface area contributed by atoms with E-state index >= 15 is 0 Å². The van der Waals surface area contributed by atoms with Crippen LogP contribution in [0.5, 0.6) is 0 Å². The minimum atomic E-state index is -0.402. The van der Waals surface area contributed by atoms with Crippen molar-refractivity contribution in [2.75, 3.05) is 0 Å². The minimum absolute atomic E-state index is 0.0483. The molecule has 3 rings (SSSR count). The highest BCUT2D eigenvalue weighted by molar-refractivity contribution is 5.80. The maximum absolute atomic E-state index is 12.5. The van der Waals surface area contributed by atoms with Gasteiger partial charge in [-0.2, -0.15) is 5.10 Å². The van der Waals surface area contributed by atoms with Crippen LogP contribution in [0.1, 0.15) is 38.2 Å². The van der Waals surface area contributed by atoms with Gasteiger partial charge in [-0.15, -0.1) is 0 Å². The Morgan fingerprint density at radius 2 is 2.35 bits per heavy atom. The molecule has 0 bridgehead atoms. The molecule has 0 radical (unpaired) electrons. The fourth-order valence-corrected chi connectivity index (χ4v) is 3.20. The van der Waals surface area contributed by atoms with E-state index in [-0.39, 0.29) is 11.8 Å². The predicted octanol–water partition coefficient (Wildman–Crippen LogP) is 1.79. The molecule has 2 aromatic rings. The monoisotopic (exact) mass is 313 g/mol. The van der Waals surface area contributed by atoms with Gasteiger partial charge < -0.3 is 11.1 Å². The number of rotatable bonds is 4. The molecule has 0 spiro atoms. The zero-order valence-electron chi connectivity index (χ0n) is 13.4. The number of carbonyl (C=O) groups is 1. The lowest BCUT2D eigenvalue weighted by Crippen LogP contribution is -2.52. The van der Waals surface area contributed by atoms with Crippen molar-refractivity contribution in [3.05, 3.63) is 42.4 Å². The van der Waals surface area contributed by atoms with Gasteiger partial charge in [0.1, 0.15) is 0 Å². The topological polar surface area (TPSA) is 85.8 Å². The van der Waals surface area contributed by atoms with Crippen molar-refractivity contribution in [1.82, 2.24) is 20.1 Å². The Bertz CT molecular complexity index is 665. The van der Waals surface area contributed by atoms with Crippen LogP contribution < -0.4 is 11.1 Å². The van der Waals surface area contributed by atoms with Gasteiger partial charge in [0.25, 0.3) is 0 Å². The molecule has 2 unspecified atom stereocenters. The average Bonchev–Trinajstić information content (AvgIpc) is 3.07. The summed E-state index contributed by atoms with van der Waals surface area (Å²) in [6.45, 7) is 2.46. The minimum Gasteiger partial charge on any atom is -0.352 e. The average molecular weight is 313 g/mol. The van der Waals surface area contributed by atoms with Crippen molar-refractivity contribution in [3.8, 4) is 5.82 Å². The normalized spacial score (nSPS) is 24.3. The Morgan fingerprint density at radius 3 is 3.09 bits per heavy atom. The van der Waals surface area contributed by atoms with Gasteiger partial charge in [0.05, 0.1) is 5.92 Å². The van der Waals surface area contributed by atoms with Gasteiger partial charge in [0, 0.05) is 30.7 Å². The Morgan fingerprint density at radius 1 is 1.48 bits per heavy atom. The van der Waals surface area contributed by atoms with Crippen LogP contribution in [0.4, 0.5) is 0 Å². The number of aromatic nitrogens is 3. The number of nitrogens with one attached hydrogen (secondary N) is 1. The van der Waals surface area contributed by atoms with Crippen LogP contribution in [-0.2, 0) is 11.3 Å². The van der Waals surface area contributed by atoms with Crippen LogP contribution in [0.3, 0.4) is 0 Å². The lowest BCUT2D eigenvalue weighted by Gasteiger charge is -2.37. The molecule has 1 aliphatic rings. The molecule has 6 heteroatoms. The molecular formula is C17H23N5O. The van der Waals surface area contributed by atoms with Gasteiger partial charge in [-0.1, -0.05) is 12.8 Å². The summed E-state index contributed by atoms with van der Waals surface area (Å²) < 4.78 is 1.70. The molecule has 2 aromatic heterocycles. The third kappa shape index (κ3) is 3.59. The van der Waals surface area contributed by atoms with Gasteiger partial charge in [-0.25, -0.2) is 9.67 Å². The summed E-state index contributed by atoms with van der Waals surface area (Å²) >= 11 is 0. The highest BCUT2D eigenvalue weighted by Gasteiger charge is 2.37. The van der Waals surface area contributed by atoms with E-state index in [1.807, 2.05) is 31.3 Å². The smallest absolute Gasteiger partial charge is 0.225 e. The molecule has 2 atom stereocenters. The van der Waals surface area contributed by atoms with Crippen LogP contribution in [0.25, 0.3) is 5.82 Å². The summed E-state index contributed by atoms with van der Waals surface area (Å²) in [5, 5.41) is 7.19. The van der Waals surface area contributed by atoms with Crippen molar-refractivity contribution in [2.24, 2.45) is 11.7 Å². The van der Waals surface area contributed by atoms with Gasteiger partial charge in [0.2, 0.25) is 5.91 Å². The Labute approximate surface area is 136 Å². The number of nitrogens with two attached hydrogens (primary N) is 1. The van der Waals surface area contributed by atoms with Crippen LogP contribution in [0, 0.1) is 5.92 Å². The predicted molar refractivity (Wildman–Crippen MR) is 87.8 cm³/mol. The molecule has 1 amide bonds. The lowest BCUT2D eigenvalue weighted by molar-refractivity contribution is -0.128. The summed E-state index contributed by atoms with van der Waals surface area (Å²) in [4.78, 5) is 16.8. The van der Waals surface area contributed by atoms with Crippen LogP contribution in [-0.4, -0.2) is 26.2 Å². The summed E-state index contributed by atoms with van der Waals surface area (Å²) in [6, 6.07) is 5.67. The number of pyridine rings is 1. The Balaban J connectivity index is 1.64. The molecule has 1 fully saturated rings. The maximum atomic E-state index is 12.5.